The third-order valence-electron chi connectivity index (χ3n) is 2.47. The minimum absolute atomic E-state index is 0.298. The third-order valence-corrected chi connectivity index (χ3v) is 3.59. The molecule has 24 heavy (non-hydrogen) atoms. The van der Waals surface area contributed by atoms with Crippen LogP contribution in [0.25, 0.3) is 0 Å². The summed E-state index contributed by atoms with van der Waals surface area (Å²) in [5.41, 5.74) is -0.189. The molecule has 9 heteroatoms. The van der Waals surface area contributed by atoms with E-state index in [0.717, 1.165) is 0 Å². The number of oxime groups is 1. The molecule has 7 nitrogen and oxygen atoms in total. The average Bonchev–Trinajstić information content (AvgIpc) is 2.87. The Bertz CT molecular complexity index is 755. The van der Waals surface area contributed by atoms with Crippen LogP contribution >= 0.6 is 22.9 Å². The number of aromatic nitrogens is 1. The van der Waals surface area contributed by atoms with Crippen molar-refractivity contribution in [1.82, 2.24) is 4.98 Å². The second kappa shape index (κ2) is 7.50. The number of hydrogen-bond acceptors (Lipinski definition) is 7. The Balaban J connectivity index is 2.04. The summed E-state index contributed by atoms with van der Waals surface area (Å²) in [5.74, 6) is 0.455. The van der Waals surface area contributed by atoms with E-state index < -0.39 is 11.7 Å². The summed E-state index contributed by atoms with van der Waals surface area (Å²) >= 11 is 7.35. The monoisotopic (exact) mass is 369 g/mol. The molecule has 0 aliphatic heterocycles. The fraction of sp³-hybridized carbons (Fsp3) is 0.267. The Morgan fingerprint density at radius 3 is 2.83 bits per heavy atom. The number of nitrogens with zero attached hydrogens (tertiary/aromatic N) is 2. The van der Waals surface area contributed by atoms with E-state index in [0.29, 0.717) is 26.5 Å². The van der Waals surface area contributed by atoms with Gasteiger partial charge in [0.2, 0.25) is 0 Å². The number of anilines is 1. The molecular weight excluding hydrogens is 354 g/mol. The Labute approximate surface area is 147 Å². The van der Waals surface area contributed by atoms with Crippen LogP contribution in [0.5, 0.6) is 10.9 Å². The van der Waals surface area contributed by atoms with Crippen LogP contribution in [0.15, 0.2) is 29.6 Å². The fourth-order valence-electron chi connectivity index (χ4n) is 1.61. The maximum atomic E-state index is 11.8. The second-order valence-electron chi connectivity index (χ2n) is 5.64. The van der Waals surface area contributed by atoms with Crippen molar-refractivity contribution in [2.24, 2.45) is 5.16 Å². The van der Waals surface area contributed by atoms with Crippen LogP contribution < -0.4 is 10.1 Å². The maximum absolute atomic E-state index is 11.8. The van der Waals surface area contributed by atoms with Crippen molar-refractivity contribution in [2.45, 2.75) is 26.4 Å². The van der Waals surface area contributed by atoms with Crippen molar-refractivity contribution in [3.05, 3.63) is 34.3 Å². The predicted molar refractivity (Wildman–Crippen MR) is 92.9 cm³/mol. The number of rotatable bonds is 4. The average molecular weight is 370 g/mol. The molecule has 0 atom stereocenters. The van der Waals surface area contributed by atoms with Gasteiger partial charge >= 0.3 is 6.09 Å². The number of amides is 1. The van der Waals surface area contributed by atoms with Gasteiger partial charge in [0.1, 0.15) is 11.4 Å². The SMILES string of the molecule is CC(C)(C)OC(=O)Nc1ccc(Oc2ncc(/C=N/O)s2)cc1Cl. The van der Waals surface area contributed by atoms with Crippen LogP contribution in [0, 0.1) is 0 Å². The number of halogens is 1. The first kappa shape index (κ1) is 18.0. The normalized spacial score (nSPS) is 11.5. The fourth-order valence-corrected chi connectivity index (χ4v) is 2.48. The van der Waals surface area contributed by atoms with E-state index in [1.165, 1.54) is 23.7 Å². The first-order valence-corrected chi connectivity index (χ1v) is 8.07. The summed E-state index contributed by atoms with van der Waals surface area (Å²) in [6.45, 7) is 5.32. The van der Waals surface area contributed by atoms with E-state index in [4.69, 9.17) is 26.3 Å². The molecule has 1 aromatic carbocycles. The van der Waals surface area contributed by atoms with Gasteiger partial charge in [-0.2, -0.15) is 0 Å². The number of nitrogens with one attached hydrogen (secondary N) is 1. The third kappa shape index (κ3) is 5.39. The first-order valence-electron chi connectivity index (χ1n) is 6.87. The highest BCUT2D eigenvalue weighted by molar-refractivity contribution is 7.15. The van der Waals surface area contributed by atoms with Gasteiger partial charge in [0, 0.05) is 6.07 Å². The van der Waals surface area contributed by atoms with Crippen LogP contribution in [0.1, 0.15) is 25.6 Å². The van der Waals surface area contributed by atoms with Crippen molar-refractivity contribution in [1.29, 1.82) is 0 Å². The number of hydrogen-bond donors (Lipinski definition) is 2. The van der Waals surface area contributed by atoms with Gasteiger partial charge in [0.25, 0.3) is 5.19 Å². The zero-order valence-corrected chi connectivity index (χ0v) is 14.8. The van der Waals surface area contributed by atoms with Gasteiger partial charge in [0.05, 0.1) is 28.0 Å². The highest BCUT2D eigenvalue weighted by Gasteiger charge is 2.17. The number of carbonyl (C=O) groups excluding carboxylic acids is 1. The molecule has 1 amide bonds. The van der Waals surface area contributed by atoms with Crippen molar-refractivity contribution >= 4 is 40.9 Å². The largest absolute Gasteiger partial charge is 0.444 e. The van der Waals surface area contributed by atoms with Gasteiger partial charge in [-0.05, 0) is 32.9 Å². The van der Waals surface area contributed by atoms with Gasteiger partial charge in [0.15, 0.2) is 0 Å². The lowest BCUT2D eigenvalue weighted by atomic mass is 10.2. The molecule has 2 N–H and O–H groups in total. The molecule has 0 aliphatic carbocycles. The topological polar surface area (TPSA) is 93.0 Å². The van der Waals surface area contributed by atoms with E-state index in [1.54, 1.807) is 39.0 Å². The Morgan fingerprint density at radius 1 is 1.46 bits per heavy atom. The van der Waals surface area contributed by atoms with Gasteiger partial charge in [-0.15, -0.1) is 0 Å². The van der Waals surface area contributed by atoms with Crippen LogP contribution in [0.3, 0.4) is 0 Å². The molecule has 0 aliphatic rings. The summed E-state index contributed by atoms with van der Waals surface area (Å²) in [6, 6.07) is 4.79. The van der Waals surface area contributed by atoms with E-state index in [2.05, 4.69) is 15.5 Å². The molecule has 0 unspecified atom stereocenters. The van der Waals surface area contributed by atoms with Crippen LogP contribution in [-0.4, -0.2) is 28.1 Å². The summed E-state index contributed by atoms with van der Waals surface area (Å²) in [5, 5.41) is 14.6. The molecule has 0 bridgehead atoms. The lowest BCUT2D eigenvalue weighted by Gasteiger charge is -2.20. The molecule has 2 aromatic rings. The van der Waals surface area contributed by atoms with Crippen LogP contribution in [0.4, 0.5) is 10.5 Å². The van der Waals surface area contributed by atoms with Gasteiger partial charge in [-0.3, -0.25) is 5.32 Å². The molecule has 0 saturated heterocycles. The maximum Gasteiger partial charge on any atom is 0.412 e. The number of benzene rings is 1. The van der Waals surface area contributed by atoms with E-state index in [9.17, 15) is 4.79 Å². The molecule has 0 fully saturated rings. The van der Waals surface area contributed by atoms with Crippen molar-refractivity contribution < 1.29 is 19.5 Å². The zero-order chi connectivity index (χ0) is 17.7. The molecule has 1 heterocycles. The van der Waals surface area contributed by atoms with E-state index in [1.807, 2.05) is 0 Å². The second-order valence-corrected chi connectivity index (χ2v) is 7.08. The summed E-state index contributed by atoms with van der Waals surface area (Å²) in [6.07, 6.45) is 2.18. The molecule has 1 aromatic heterocycles. The number of carbonyl (C=O) groups is 1. The first-order chi connectivity index (χ1) is 11.3. The number of thiazole rings is 1. The lowest BCUT2D eigenvalue weighted by Crippen LogP contribution is -2.27. The minimum atomic E-state index is -0.597. The minimum Gasteiger partial charge on any atom is -0.444 e. The summed E-state index contributed by atoms with van der Waals surface area (Å²) in [7, 11) is 0. The quantitative estimate of drug-likeness (QED) is 0.461. The molecule has 0 saturated carbocycles. The zero-order valence-electron chi connectivity index (χ0n) is 13.2. The van der Waals surface area contributed by atoms with E-state index in [-0.39, 0.29) is 0 Å². The van der Waals surface area contributed by atoms with Gasteiger partial charge in [-0.25, -0.2) is 9.78 Å². The highest BCUT2D eigenvalue weighted by atomic mass is 35.5. The van der Waals surface area contributed by atoms with Crippen molar-refractivity contribution in [3.8, 4) is 10.9 Å². The molecular formula is C15H16ClN3O4S. The van der Waals surface area contributed by atoms with Crippen molar-refractivity contribution in [3.63, 3.8) is 0 Å². The van der Waals surface area contributed by atoms with Crippen molar-refractivity contribution in [2.75, 3.05) is 5.32 Å². The van der Waals surface area contributed by atoms with E-state index >= 15 is 0 Å². The lowest BCUT2D eigenvalue weighted by molar-refractivity contribution is 0.0636. The molecule has 2 rings (SSSR count). The van der Waals surface area contributed by atoms with Gasteiger partial charge < -0.3 is 14.7 Å². The summed E-state index contributed by atoms with van der Waals surface area (Å²) < 4.78 is 10.7. The standard InChI is InChI=1S/C15H16ClN3O4S/c1-15(2,3)23-13(20)19-12-5-4-9(6-11(12)16)22-14-17-7-10(24-14)8-18-21/h4-8,21H,1-3H3,(H,19,20)/b18-8+. The Kier molecular flexibility index (Phi) is 5.63. The smallest absolute Gasteiger partial charge is 0.412 e. The Hall–Kier alpha value is -2.32. The Morgan fingerprint density at radius 2 is 2.21 bits per heavy atom. The molecule has 0 spiro atoms. The molecule has 128 valence electrons. The summed E-state index contributed by atoms with van der Waals surface area (Å²) in [4.78, 5) is 16.4. The predicted octanol–water partition coefficient (Wildman–Crippen LogP) is 4.74. The van der Waals surface area contributed by atoms with Gasteiger partial charge in [-0.1, -0.05) is 28.1 Å². The highest BCUT2D eigenvalue weighted by Crippen LogP contribution is 2.31. The molecule has 0 radical (unpaired) electrons. The van der Waals surface area contributed by atoms with Crippen LogP contribution in [-0.2, 0) is 4.74 Å². The number of ether oxygens (including phenoxy) is 2. The van der Waals surface area contributed by atoms with Crippen LogP contribution in [0.2, 0.25) is 5.02 Å².